The second-order valence-corrected chi connectivity index (χ2v) is 7.33. The van der Waals surface area contributed by atoms with Gasteiger partial charge in [0.25, 0.3) is 5.91 Å². The van der Waals surface area contributed by atoms with E-state index in [2.05, 4.69) is 21.2 Å². The van der Waals surface area contributed by atoms with Crippen molar-refractivity contribution in [2.24, 2.45) is 0 Å². The third-order valence-electron chi connectivity index (χ3n) is 3.10. The molecule has 1 atom stereocenters. The van der Waals surface area contributed by atoms with Crippen LogP contribution in [0.25, 0.3) is 0 Å². The largest absolute Gasteiger partial charge is 0.458 e. The summed E-state index contributed by atoms with van der Waals surface area (Å²) < 4.78 is 8.09. The highest BCUT2D eigenvalue weighted by molar-refractivity contribution is 9.10. The monoisotopic (exact) mass is 356 g/mol. The number of esters is 1. The molecule has 0 spiro atoms. The summed E-state index contributed by atoms with van der Waals surface area (Å²) in [6.45, 7) is 7.03. The highest BCUT2D eigenvalue weighted by Crippen LogP contribution is 2.37. The average molecular weight is 357 g/mol. The molecular weight excluding hydrogens is 336 g/mol. The molecule has 0 aliphatic heterocycles. The topological polar surface area (TPSA) is 60.3 Å². The molecule has 0 bridgehead atoms. The minimum absolute atomic E-state index is 0.258. The van der Waals surface area contributed by atoms with Gasteiger partial charge in [-0.2, -0.15) is 0 Å². The molecule has 1 heterocycles. The van der Waals surface area contributed by atoms with Gasteiger partial charge in [-0.05, 0) is 62.5 Å². The first kappa shape index (κ1) is 16.1. The van der Waals surface area contributed by atoms with Crippen molar-refractivity contribution in [3.05, 3.63) is 22.4 Å². The zero-order valence-electron chi connectivity index (χ0n) is 12.8. The maximum absolute atomic E-state index is 12.3. The smallest absolute Gasteiger partial charge is 0.328 e. The second kappa shape index (κ2) is 5.83. The number of amides is 1. The Morgan fingerprint density at radius 1 is 1.43 bits per heavy atom. The lowest BCUT2D eigenvalue weighted by Gasteiger charge is -2.22. The molecule has 1 N–H and O–H groups in total. The van der Waals surface area contributed by atoms with E-state index in [-0.39, 0.29) is 5.91 Å². The fourth-order valence-corrected chi connectivity index (χ4v) is 2.44. The number of aromatic nitrogens is 1. The number of nitrogens with one attached hydrogen (secondary N) is 1. The van der Waals surface area contributed by atoms with Crippen molar-refractivity contribution in [1.29, 1.82) is 0 Å². The molecule has 1 saturated carbocycles. The third kappa shape index (κ3) is 4.33. The maximum Gasteiger partial charge on any atom is 0.328 e. The maximum atomic E-state index is 12.3. The van der Waals surface area contributed by atoms with Crippen LogP contribution in [0.15, 0.2) is 16.7 Å². The van der Waals surface area contributed by atoms with Crippen LogP contribution in [0.5, 0.6) is 0 Å². The minimum atomic E-state index is -0.682. The Morgan fingerprint density at radius 2 is 2.05 bits per heavy atom. The van der Waals surface area contributed by atoms with Crippen LogP contribution in [0, 0.1) is 0 Å². The highest BCUT2D eigenvalue weighted by atomic mass is 79.9. The summed E-state index contributed by atoms with van der Waals surface area (Å²) in [4.78, 5) is 24.2. The van der Waals surface area contributed by atoms with Crippen LogP contribution in [0.1, 0.15) is 57.1 Å². The number of carbonyl (C=O) groups is 2. The van der Waals surface area contributed by atoms with Crippen molar-refractivity contribution in [2.45, 2.75) is 58.2 Å². The van der Waals surface area contributed by atoms with E-state index in [1.807, 2.05) is 10.8 Å². The highest BCUT2D eigenvalue weighted by Gasteiger charge is 2.29. The summed E-state index contributed by atoms with van der Waals surface area (Å²) in [5, 5.41) is 2.70. The Morgan fingerprint density at radius 3 is 2.57 bits per heavy atom. The van der Waals surface area contributed by atoms with Crippen LogP contribution in [0.2, 0.25) is 0 Å². The van der Waals surface area contributed by atoms with E-state index in [9.17, 15) is 9.59 Å². The zero-order valence-corrected chi connectivity index (χ0v) is 14.4. The first-order valence-corrected chi connectivity index (χ1v) is 7.88. The molecule has 5 nitrogen and oxygen atoms in total. The quantitative estimate of drug-likeness (QED) is 0.843. The van der Waals surface area contributed by atoms with Crippen LogP contribution < -0.4 is 5.32 Å². The van der Waals surface area contributed by atoms with Crippen LogP contribution in [-0.2, 0) is 9.53 Å². The molecule has 1 aromatic rings. The molecule has 6 heteroatoms. The van der Waals surface area contributed by atoms with Crippen molar-refractivity contribution >= 4 is 27.8 Å². The Balaban J connectivity index is 2.02. The number of hydrogen-bond acceptors (Lipinski definition) is 3. The molecule has 1 fully saturated rings. The van der Waals surface area contributed by atoms with Gasteiger partial charge in [-0.3, -0.25) is 4.79 Å². The second-order valence-electron chi connectivity index (χ2n) is 6.41. The molecule has 116 valence electrons. The van der Waals surface area contributed by atoms with Gasteiger partial charge < -0.3 is 14.6 Å². The van der Waals surface area contributed by atoms with Gasteiger partial charge in [0.2, 0.25) is 0 Å². The van der Waals surface area contributed by atoms with Crippen LogP contribution in [-0.4, -0.2) is 28.1 Å². The van der Waals surface area contributed by atoms with E-state index in [0.29, 0.717) is 11.7 Å². The Kier molecular flexibility index (Phi) is 4.46. The van der Waals surface area contributed by atoms with Gasteiger partial charge in [-0.1, -0.05) is 0 Å². The molecular formula is C15H21BrN2O3. The summed E-state index contributed by atoms with van der Waals surface area (Å²) >= 11 is 3.39. The van der Waals surface area contributed by atoms with Crippen LogP contribution >= 0.6 is 15.9 Å². The fourth-order valence-electron chi connectivity index (χ4n) is 2.00. The van der Waals surface area contributed by atoms with Crippen molar-refractivity contribution in [2.75, 3.05) is 0 Å². The van der Waals surface area contributed by atoms with Gasteiger partial charge >= 0.3 is 5.97 Å². The lowest BCUT2D eigenvalue weighted by molar-refractivity contribution is -0.156. The number of nitrogens with zero attached hydrogens (tertiary/aromatic N) is 1. The van der Waals surface area contributed by atoms with Gasteiger partial charge in [0.15, 0.2) is 0 Å². The lowest BCUT2D eigenvalue weighted by Crippen LogP contribution is -2.42. The number of rotatable bonds is 4. The number of hydrogen-bond donors (Lipinski definition) is 1. The molecule has 1 amide bonds. The molecule has 21 heavy (non-hydrogen) atoms. The molecule has 0 radical (unpaired) electrons. The Bertz CT molecular complexity index is 556. The van der Waals surface area contributed by atoms with Crippen LogP contribution in [0.3, 0.4) is 0 Å². The molecule has 2 rings (SSSR count). The predicted molar refractivity (Wildman–Crippen MR) is 83.2 cm³/mol. The summed E-state index contributed by atoms with van der Waals surface area (Å²) in [6, 6.07) is 1.49. The van der Waals surface area contributed by atoms with E-state index in [1.165, 1.54) is 0 Å². The van der Waals surface area contributed by atoms with E-state index in [1.54, 1.807) is 33.8 Å². The first-order valence-electron chi connectivity index (χ1n) is 7.08. The molecule has 0 saturated heterocycles. The molecule has 1 aliphatic rings. The summed E-state index contributed by atoms with van der Waals surface area (Å²) in [7, 11) is 0. The summed E-state index contributed by atoms with van der Waals surface area (Å²) in [5.41, 5.74) is 0.00707. The van der Waals surface area contributed by atoms with Gasteiger partial charge in [0.1, 0.15) is 17.3 Å². The predicted octanol–water partition coefficient (Wildman–Crippen LogP) is 3.05. The standard InChI is InChI=1S/C15H21BrN2O3/c1-9(14(20)21-15(2,3)4)17-13(19)12-7-10(16)8-18(12)11-5-6-11/h7-9,11H,5-6H2,1-4H3,(H,17,19)/t9-/m0/s1. The summed E-state index contributed by atoms with van der Waals surface area (Å²) in [5.74, 6) is -0.689. The van der Waals surface area contributed by atoms with E-state index >= 15 is 0 Å². The third-order valence-corrected chi connectivity index (χ3v) is 3.53. The normalized spacial score (nSPS) is 16.4. The van der Waals surface area contributed by atoms with E-state index in [0.717, 1.165) is 17.3 Å². The van der Waals surface area contributed by atoms with Crippen molar-refractivity contribution in [3.8, 4) is 0 Å². The van der Waals surface area contributed by atoms with Crippen molar-refractivity contribution in [3.63, 3.8) is 0 Å². The van der Waals surface area contributed by atoms with Gasteiger partial charge in [0, 0.05) is 16.7 Å². The number of halogens is 1. The molecule has 0 aromatic carbocycles. The van der Waals surface area contributed by atoms with E-state index < -0.39 is 17.6 Å². The van der Waals surface area contributed by atoms with Crippen molar-refractivity contribution < 1.29 is 14.3 Å². The molecule has 0 unspecified atom stereocenters. The fraction of sp³-hybridized carbons (Fsp3) is 0.600. The van der Waals surface area contributed by atoms with Gasteiger partial charge in [-0.25, -0.2) is 4.79 Å². The lowest BCUT2D eigenvalue weighted by atomic mass is 10.2. The SMILES string of the molecule is C[C@H](NC(=O)c1cc(Br)cn1C1CC1)C(=O)OC(C)(C)C. The number of carbonyl (C=O) groups excluding carboxylic acids is 2. The van der Waals surface area contributed by atoms with E-state index in [4.69, 9.17) is 4.74 Å². The van der Waals surface area contributed by atoms with Gasteiger partial charge in [-0.15, -0.1) is 0 Å². The average Bonchev–Trinajstić information content (AvgIpc) is 3.10. The molecule has 1 aliphatic carbocycles. The Labute approximate surface area is 133 Å². The number of ether oxygens (including phenoxy) is 1. The van der Waals surface area contributed by atoms with Crippen LogP contribution in [0.4, 0.5) is 0 Å². The minimum Gasteiger partial charge on any atom is -0.458 e. The zero-order chi connectivity index (χ0) is 15.8. The first-order chi connectivity index (χ1) is 9.67. The van der Waals surface area contributed by atoms with Gasteiger partial charge in [0.05, 0.1) is 0 Å². The Hall–Kier alpha value is -1.30. The molecule has 1 aromatic heterocycles. The summed E-state index contributed by atoms with van der Waals surface area (Å²) in [6.07, 6.45) is 4.08. The van der Waals surface area contributed by atoms with Crippen molar-refractivity contribution in [1.82, 2.24) is 9.88 Å².